The van der Waals surface area contributed by atoms with E-state index in [0.717, 1.165) is 11.1 Å². The molecule has 28 heavy (non-hydrogen) atoms. The van der Waals surface area contributed by atoms with Crippen LogP contribution in [-0.4, -0.2) is 45.5 Å². The van der Waals surface area contributed by atoms with E-state index in [1.54, 1.807) is 17.0 Å². The number of hydrogen-bond acceptors (Lipinski definition) is 5. The Hall–Kier alpha value is -2.42. The molecule has 0 aromatic heterocycles. The molecule has 7 nitrogen and oxygen atoms in total. The van der Waals surface area contributed by atoms with Crippen molar-refractivity contribution in [3.63, 3.8) is 0 Å². The lowest BCUT2D eigenvalue weighted by Crippen LogP contribution is -2.37. The van der Waals surface area contributed by atoms with Gasteiger partial charge in [0.25, 0.3) is 0 Å². The Labute approximate surface area is 165 Å². The summed E-state index contributed by atoms with van der Waals surface area (Å²) in [5.74, 6) is 0.690. The van der Waals surface area contributed by atoms with Crippen LogP contribution in [0.1, 0.15) is 17.5 Å². The molecule has 2 aromatic carbocycles. The number of hydrogen-bond donors (Lipinski definition) is 2. The molecule has 150 valence electrons. The molecular formula is C20H25N3O4S. The summed E-state index contributed by atoms with van der Waals surface area (Å²) in [6, 6.07) is 14.3. The molecule has 3 rings (SSSR count). The number of rotatable bonds is 8. The number of ether oxygens (including phenoxy) is 1. The van der Waals surface area contributed by atoms with Gasteiger partial charge in [0.2, 0.25) is 15.9 Å². The van der Waals surface area contributed by atoms with Crippen molar-refractivity contribution >= 4 is 15.9 Å². The maximum absolute atomic E-state index is 12.6. The summed E-state index contributed by atoms with van der Waals surface area (Å²) in [7, 11) is -3.65. The molecular weight excluding hydrogens is 378 g/mol. The first-order valence-corrected chi connectivity index (χ1v) is 10.7. The van der Waals surface area contributed by atoms with Gasteiger partial charge in [-0.2, -0.15) is 0 Å². The monoisotopic (exact) mass is 403 g/mol. The SMILES string of the molecule is NCCC(=O)N1CCc2ccc(S(=O)(=O)NCCOc3ccccc3)cc2C1. The van der Waals surface area contributed by atoms with Gasteiger partial charge in [-0.1, -0.05) is 24.3 Å². The molecule has 0 saturated carbocycles. The smallest absolute Gasteiger partial charge is 0.240 e. The van der Waals surface area contributed by atoms with Crippen molar-refractivity contribution in [3.05, 3.63) is 59.7 Å². The fourth-order valence-electron chi connectivity index (χ4n) is 3.14. The quantitative estimate of drug-likeness (QED) is 0.647. The lowest BCUT2D eigenvalue weighted by molar-refractivity contribution is -0.131. The van der Waals surface area contributed by atoms with E-state index < -0.39 is 10.0 Å². The predicted octanol–water partition coefficient (Wildman–Crippen LogP) is 1.28. The number of carbonyl (C=O) groups is 1. The fraction of sp³-hybridized carbons (Fsp3) is 0.350. The normalized spacial score (nSPS) is 13.8. The zero-order chi connectivity index (χ0) is 20.0. The van der Waals surface area contributed by atoms with Gasteiger partial charge in [0.05, 0.1) is 4.90 Å². The van der Waals surface area contributed by atoms with Gasteiger partial charge in [-0.25, -0.2) is 13.1 Å². The second-order valence-corrected chi connectivity index (χ2v) is 8.36. The standard InChI is InChI=1S/C20H25N3O4S/c21-10-8-20(24)23-12-9-16-6-7-19(14-17(16)15-23)28(25,26)22-11-13-27-18-4-2-1-3-5-18/h1-7,14,22H,8-13,15,21H2. The summed E-state index contributed by atoms with van der Waals surface area (Å²) in [5.41, 5.74) is 7.40. The molecule has 3 N–H and O–H groups in total. The van der Waals surface area contributed by atoms with Gasteiger partial charge in [-0.15, -0.1) is 0 Å². The highest BCUT2D eigenvalue weighted by molar-refractivity contribution is 7.89. The van der Waals surface area contributed by atoms with E-state index in [9.17, 15) is 13.2 Å². The highest BCUT2D eigenvalue weighted by Gasteiger charge is 2.22. The third kappa shape index (κ3) is 5.09. The van der Waals surface area contributed by atoms with Gasteiger partial charge in [0, 0.05) is 32.6 Å². The molecule has 0 radical (unpaired) electrons. The first-order valence-electron chi connectivity index (χ1n) is 9.27. The summed E-state index contributed by atoms with van der Waals surface area (Å²) in [6.07, 6.45) is 1.01. The van der Waals surface area contributed by atoms with Crippen LogP contribution in [0.3, 0.4) is 0 Å². The first kappa shape index (κ1) is 20.3. The second kappa shape index (κ2) is 9.18. The molecule has 1 aliphatic heterocycles. The van der Waals surface area contributed by atoms with Gasteiger partial charge < -0.3 is 15.4 Å². The number of carbonyl (C=O) groups excluding carboxylic acids is 1. The van der Waals surface area contributed by atoms with Gasteiger partial charge in [0.15, 0.2) is 0 Å². The Kier molecular flexibility index (Phi) is 6.66. The summed E-state index contributed by atoms with van der Waals surface area (Å²) in [5, 5.41) is 0. The Morgan fingerprint density at radius 1 is 1.14 bits per heavy atom. The number of nitrogens with one attached hydrogen (secondary N) is 1. The second-order valence-electron chi connectivity index (χ2n) is 6.59. The van der Waals surface area contributed by atoms with Crippen molar-refractivity contribution in [2.24, 2.45) is 5.73 Å². The lowest BCUT2D eigenvalue weighted by atomic mass is 9.99. The Morgan fingerprint density at radius 2 is 1.93 bits per heavy atom. The number of amides is 1. The summed E-state index contributed by atoms with van der Waals surface area (Å²) >= 11 is 0. The van der Waals surface area contributed by atoms with Gasteiger partial charge >= 0.3 is 0 Å². The number of nitrogens with zero attached hydrogens (tertiary/aromatic N) is 1. The molecule has 8 heteroatoms. The topological polar surface area (TPSA) is 102 Å². The molecule has 1 aliphatic rings. The number of sulfonamides is 1. The van der Waals surface area contributed by atoms with Crippen LogP contribution in [0.2, 0.25) is 0 Å². The average Bonchev–Trinajstić information content (AvgIpc) is 2.71. The molecule has 0 saturated heterocycles. The van der Waals surface area contributed by atoms with Gasteiger partial charge in [-0.3, -0.25) is 4.79 Å². The zero-order valence-electron chi connectivity index (χ0n) is 15.6. The van der Waals surface area contributed by atoms with Gasteiger partial charge in [-0.05, 0) is 41.8 Å². The molecule has 0 fully saturated rings. The fourth-order valence-corrected chi connectivity index (χ4v) is 4.20. The summed E-state index contributed by atoms with van der Waals surface area (Å²) in [6.45, 7) is 1.75. The minimum atomic E-state index is -3.65. The zero-order valence-corrected chi connectivity index (χ0v) is 16.5. The summed E-state index contributed by atoms with van der Waals surface area (Å²) < 4.78 is 33.2. The highest BCUT2D eigenvalue weighted by atomic mass is 32.2. The van der Waals surface area contributed by atoms with E-state index in [4.69, 9.17) is 10.5 Å². The van der Waals surface area contributed by atoms with Gasteiger partial charge in [0.1, 0.15) is 12.4 Å². The number of nitrogens with two attached hydrogens (primary N) is 1. The molecule has 0 bridgehead atoms. The molecule has 0 aliphatic carbocycles. The molecule has 0 unspecified atom stereocenters. The highest BCUT2D eigenvalue weighted by Crippen LogP contribution is 2.23. The molecule has 0 spiro atoms. The van der Waals surface area contributed by atoms with Crippen LogP contribution in [0.15, 0.2) is 53.4 Å². The number of para-hydroxylation sites is 1. The van der Waals surface area contributed by atoms with Crippen LogP contribution in [0.4, 0.5) is 0 Å². The van der Waals surface area contributed by atoms with E-state index >= 15 is 0 Å². The van der Waals surface area contributed by atoms with Crippen LogP contribution >= 0.6 is 0 Å². The summed E-state index contributed by atoms with van der Waals surface area (Å²) in [4.78, 5) is 14.0. The minimum absolute atomic E-state index is 0.00223. The van der Waals surface area contributed by atoms with Crippen LogP contribution in [0.5, 0.6) is 5.75 Å². The number of fused-ring (bicyclic) bond motifs is 1. The predicted molar refractivity (Wildman–Crippen MR) is 106 cm³/mol. The van der Waals surface area contributed by atoms with E-state index in [2.05, 4.69) is 4.72 Å². The van der Waals surface area contributed by atoms with E-state index in [0.29, 0.717) is 38.2 Å². The Balaban J connectivity index is 1.61. The van der Waals surface area contributed by atoms with Crippen LogP contribution in [-0.2, 0) is 27.8 Å². The first-order chi connectivity index (χ1) is 13.5. The van der Waals surface area contributed by atoms with Crippen LogP contribution in [0.25, 0.3) is 0 Å². The van der Waals surface area contributed by atoms with Crippen LogP contribution in [0, 0.1) is 0 Å². The van der Waals surface area contributed by atoms with Crippen molar-refractivity contribution in [1.82, 2.24) is 9.62 Å². The van der Waals surface area contributed by atoms with E-state index in [1.165, 1.54) is 0 Å². The lowest BCUT2D eigenvalue weighted by Gasteiger charge is -2.29. The Morgan fingerprint density at radius 3 is 2.68 bits per heavy atom. The number of benzene rings is 2. The maximum atomic E-state index is 12.6. The van der Waals surface area contributed by atoms with Crippen molar-refractivity contribution in [1.29, 1.82) is 0 Å². The minimum Gasteiger partial charge on any atom is -0.492 e. The third-order valence-corrected chi connectivity index (χ3v) is 6.08. The van der Waals surface area contributed by atoms with Crippen LogP contribution < -0.4 is 15.2 Å². The van der Waals surface area contributed by atoms with Crippen molar-refractivity contribution in [2.75, 3.05) is 26.2 Å². The molecule has 2 aromatic rings. The average molecular weight is 404 g/mol. The Bertz CT molecular complexity index is 916. The molecule has 1 amide bonds. The van der Waals surface area contributed by atoms with Crippen molar-refractivity contribution < 1.29 is 17.9 Å². The van der Waals surface area contributed by atoms with Crippen molar-refractivity contribution in [2.45, 2.75) is 24.3 Å². The van der Waals surface area contributed by atoms with Crippen molar-refractivity contribution in [3.8, 4) is 5.75 Å². The third-order valence-electron chi connectivity index (χ3n) is 4.62. The largest absolute Gasteiger partial charge is 0.492 e. The van der Waals surface area contributed by atoms with E-state index in [-0.39, 0.29) is 24.0 Å². The van der Waals surface area contributed by atoms with E-state index in [1.807, 2.05) is 36.4 Å². The molecule has 0 atom stereocenters. The maximum Gasteiger partial charge on any atom is 0.240 e. The molecule has 1 heterocycles.